The van der Waals surface area contributed by atoms with Crippen LogP contribution in [0.2, 0.25) is 0 Å². The Morgan fingerprint density at radius 3 is 2.81 bits per heavy atom. The van der Waals surface area contributed by atoms with Crippen LogP contribution in [0.5, 0.6) is 0 Å². The van der Waals surface area contributed by atoms with Crippen molar-refractivity contribution in [1.82, 2.24) is 14.5 Å². The third kappa shape index (κ3) is 2.70. The summed E-state index contributed by atoms with van der Waals surface area (Å²) in [4.78, 5) is 1.34. The van der Waals surface area contributed by atoms with Gasteiger partial charge in [0, 0.05) is 19.1 Å². The van der Waals surface area contributed by atoms with E-state index in [-0.39, 0.29) is 10.7 Å². The molecular formula is C9H19N4OS2+. The van der Waals surface area contributed by atoms with Gasteiger partial charge in [0.1, 0.15) is 0 Å². The van der Waals surface area contributed by atoms with Gasteiger partial charge in [-0.2, -0.15) is 0 Å². The van der Waals surface area contributed by atoms with Crippen LogP contribution >= 0.6 is 10.7 Å². The summed E-state index contributed by atoms with van der Waals surface area (Å²) in [6, 6.07) is 0. The highest BCUT2D eigenvalue weighted by Crippen LogP contribution is 2.39. The summed E-state index contributed by atoms with van der Waals surface area (Å²) in [6.07, 6.45) is 8.08. The number of hydrogen-bond donors (Lipinski definition) is 3. The molecule has 4 N–H and O–H groups in total. The standard InChI is InChI=1S/C9H19N4OS2/c1-15(14)9-7-16(12-13(10)11-9)8-5-3-2-4-6-8/h7-8,11-12H,2-6,10H2,1H3/q+1. The van der Waals surface area contributed by atoms with E-state index in [9.17, 15) is 4.21 Å². The lowest BCUT2D eigenvalue weighted by Crippen LogP contribution is -2.19. The van der Waals surface area contributed by atoms with Crippen molar-refractivity contribution in [3.05, 3.63) is 5.38 Å². The van der Waals surface area contributed by atoms with Crippen molar-refractivity contribution < 1.29 is 4.21 Å². The van der Waals surface area contributed by atoms with Crippen LogP contribution in [0.25, 0.3) is 0 Å². The minimum atomic E-state index is -1.00. The maximum Gasteiger partial charge on any atom is 0.195 e. The van der Waals surface area contributed by atoms with E-state index in [1.807, 2.05) is 0 Å². The fraction of sp³-hybridized carbons (Fsp3) is 0.778. The van der Waals surface area contributed by atoms with Crippen molar-refractivity contribution in [3.8, 4) is 0 Å². The molecule has 1 saturated carbocycles. The summed E-state index contributed by atoms with van der Waals surface area (Å²) < 4.78 is 14.6. The van der Waals surface area contributed by atoms with Crippen molar-refractivity contribution >= 4 is 21.5 Å². The third-order valence-corrected chi connectivity index (χ3v) is 5.95. The van der Waals surface area contributed by atoms with Crippen molar-refractivity contribution in [3.63, 3.8) is 0 Å². The van der Waals surface area contributed by atoms with Crippen molar-refractivity contribution in [2.24, 2.45) is 0 Å². The van der Waals surface area contributed by atoms with Gasteiger partial charge in [0.05, 0.1) is 21.5 Å². The lowest BCUT2D eigenvalue weighted by Gasteiger charge is -2.15. The second-order valence-electron chi connectivity index (χ2n) is 4.14. The predicted octanol–water partition coefficient (Wildman–Crippen LogP) is 1.97. The number of H-pyrrole nitrogens is 2. The number of nitrogens with one attached hydrogen (secondary N) is 2. The van der Waals surface area contributed by atoms with E-state index in [2.05, 4.69) is 15.0 Å². The summed E-state index contributed by atoms with van der Waals surface area (Å²) in [5.74, 6) is 5.70. The molecule has 0 saturated heterocycles. The average Bonchev–Trinajstić information content (AvgIpc) is 2.29. The van der Waals surface area contributed by atoms with Gasteiger partial charge in [-0.25, -0.2) is 5.10 Å². The average molecular weight is 263 g/mol. The Bertz CT molecular complexity index is 406. The van der Waals surface area contributed by atoms with Gasteiger partial charge in [-0.05, 0) is 12.8 Å². The van der Waals surface area contributed by atoms with Crippen LogP contribution in [0.4, 0.5) is 0 Å². The Kier molecular flexibility index (Phi) is 3.75. The topological polar surface area (TPSA) is 79.6 Å². The second-order valence-corrected chi connectivity index (χ2v) is 7.32. The Morgan fingerprint density at radius 1 is 1.50 bits per heavy atom. The molecule has 1 heterocycles. The first-order valence-electron chi connectivity index (χ1n) is 5.52. The molecule has 0 aliphatic heterocycles. The first-order chi connectivity index (χ1) is 7.66. The smallest absolute Gasteiger partial charge is 0.195 e. The van der Waals surface area contributed by atoms with Gasteiger partial charge < -0.3 is 5.84 Å². The molecule has 1 fully saturated rings. The van der Waals surface area contributed by atoms with Crippen molar-refractivity contribution in [2.75, 3.05) is 12.1 Å². The number of nitrogens with two attached hydrogens (primary N) is 1. The molecule has 0 spiro atoms. The monoisotopic (exact) mass is 263 g/mol. The maximum absolute atomic E-state index is 11.4. The van der Waals surface area contributed by atoms with Crippen LogP contribution in [-0.4, -0.2) is 25.0 Å². The molecule has 2 atom stereocenters. The molecule has 5 nitrogen and oxygen atoms in total. The molecule has 92 valence electrons. The van der Waals surface area contributed by atoms with Crippen LogP contribution < -0.4 is 5.84 Å². The highest BCUT2D eigenvalue weighted by molar-refractivity contribution is 7.84. The Balaban J connectivity index is 2.28. The minimum absolute atomic E-state index is 0.0785. The molecule has 2 unspecified atom stereocenters. The number of rotatable bonds is 2. The number of aromatic nitrogens is 3. The first-order valence-corrected chi connectivity index (χ1v) is 8.42. The second kappa shape index (κ2) is 5.09. The summed E-state index contributed by atoms with van der Waals surface area (Å²) in [5.41, 5.74) is 0. The summed E-state index contributed by atoms with van der Waals surface area (Å²) in [5, 5.41) is 6.26. The molecule has 16 heavy (non-hydrogen) atoms. The van der Waals surface area contributed by atoms with Crippen LogP contribution in [0.3, 0.4) is 0 Å². The molecule has 0 amide bonds. The SMILES string of the molecule is CS(=O)c1c[s+](C2CCCCC2)[nH]n(N)[nH]1. The lowest BCUT2D eigenvalue weighted by atomic mass is 10.0. The normalized spacial score (nSPS) is 20.7. The number of nitrogen functional groups attached to an aromatic ring is 1. The highest BCUT2D eigenvalue weighted by atomic mass is 32.2. The molecule has 7 heteroatoms. The predicted molar refractivity (Wildman–Crippen MR) is 67.8 cm³/mol. The van der Waals surface area contributed by atoms with Crippen molar-refractivity contribution in [1.29, 1.82) is 0 Å². The van der Waals surface area contributed by atoms with E-state index >= 15 is 0 Å². The first kappa shape index (κ1) is 11.8. The fourth-order valence-corrected chi connectivity index (χ4v) is 4.92. The van der Waals surface area contributed by atoms with Gasteiger partial charge in [-0.3, -0.25) is 4.21 Å². The van der Waals surface area contributed by atoms with Crippen LogP contribution in [0.1, 0.15) is 37.4 Å². The highest BCUT2D eigenvalue weighted by Gasteiger charge is 2.25. The van der Waals surface area contributed by atoms with Crippen molar-refractivity contribution in [2.45, 2.75) is 42.4 Å². The zero-order valence-corrected chi connectivity index (χ0v) is 11.1. The number of hydrogen-bond acceptors (Lipinski definition) is 2. The van der Waals surface area contributed by atoms with Gasteiger partial charge in [-0.1, -0.05) is 15.8 Å². The molecule has 0 aromatic carbocycles. The Labute approximate surface area is 100 Å². The fourth-order valence-electron chi connectivity index (χ4n) is 2.04. The van der Waals surface area contributed by atoms with E-state index in [4.69, 9.17) is 5.84 Å². The largest absolute Gasteiger partial charge is 0.306 e. The minimum Gasteiger partial charge on any atom is -0.306 e. The zero-order valence-electron chi connectivity index (χ0n) is 9.44. The number of nitrogens with zero attached hydrogens (tertiary/aromatic N) is 1. The molecular weight excluding hydrogens is 244 g/mol. The third-order valence-electron chi connectivity index (χ3n) is 2.89. The Morgan fingerprint density at radius 2 is 2.19 bits per heavy atom. The molecule has 2 rings (SSSR count). The Hall–Kier alpha value is -0.690. The van der Waals surface area contributed by atoms with E-state index in [0.717, 1.165) is 5.03 Å². The van der Waals surface area contributed by atoms with Gasteiger partial charge in [0.2, 0.25) is 0 Å². The quantitative estimate of drug-likeness (QED) is 0.563. The van der Waals surface area contributed by atoms with E-state index < -0.39 is 10.8 Å². The van der Waals surface area contributed by atoms with Gasteiger partial charge in [0.15, 0.2) is 15.7 Å². The van der Waals surface area contributed by atoms with E-state index in [1.54, 1.807) is 6.26 Å². The van der Waals surface area contributed by atoms with Crippen LogP contribution in [-0.2, 0) is 10.8 Å². The lowest BCUT2D eigenvalue weighted by molar-refractivity contribution is 0.483. The van der Waals surface area contributed by atoms with Crippen LogP contribution in [0, 0.1) is 0 Å². The molecule has 0 bridgehead atoms. The maximum atomic E-state index is 11.4. The van der Waals surface area contributed by atoms with Gasteiger partial charge in [-0.15, -0.1) is 0 Å². The summed E-state index contributed by atoms with van der Waals surface area (Å²) in [6.45, 7) is 0. The number of aromatic amines is 2. The van der Waals surface area contributed by atoms with E-state index in [0.29, 0.717) is 5.25 Å². The van der Waals surface area contributed by atoms with Gasteiger partial charge in [0.25, 0.3) is 0 Å². The zero-order chi connectivity index (χ0) is 11.5. The van der Waals surface area contributed by atoms with Crippen LogP contribution in [0.15, 0.2) is 10.4 Å². The van der Waals surface area contributed by atoms with E-state index in [1.165, 1.54) is 37.0 Å². The molecule has 0 radical (unpaired) electrons. The molecule has 1 aliphatic carbocycles. The molecule has 1 aromatic heterocycles. The molecule has 1 aromatic rings. The molecule has 1 aliphatic rings. The summed E-state index contributed by atoms with van der Waals surface area (Å²) >= 11 is 0. The summed E-state index contributed by atoms with van der Waals surface area (Å²) in [7, 11) is -1.08. The van der Waals surface area contributed by atoms with Gasteiger partial charge >= 0.3 is 0 Å².